The van der Waals surface area contributed by atoms with Gasteiger partial charge in [-0.3, -0.25) is 0 Å². The number of benzene rings is 1. The molecule has 2 rings (SSSR count). The van der Waals surface area contributed by atoms with Crippen LogP contribution >= 0.6 is 11.6 Å². The Balaban J connectivity index is 2.84. The Bertz CT molecular complexity index is 584. The van der Waals surface area contributed by atoms with Crippen molar-refractivity contribution < 1.29 is 0 Å². The highest BCUT2D eigenvalue weighted by molar-refractivity contribution is 6.28. The average molecular weight is 232 g/mol. The first-order valence-electron chi connectivity index (χ1n) is 4.88. The summed E-state index contributed by atoms with van der Waals surface area (Å²) in [6.45, 7) is 3.64. The third-order valence-electron chi connectivity index (χ3n) is 2.45. The fraction of sp³-hybridized carbons (Fsp3) is 0.250. The standard InChI is InChI=1S/C12H10ClN3/c1-12(2,7-14)10-8-5-3-4-6-9(8)15-11(13)16-10/h3-6H,1-2H3. The van der Waals surface area contributed by atoms with Crippen molar-refractivity contribution in [2.24, 2.45) is 0 Å². The van der Waals surface area contributed by atoms with Crippen molar-refractivity contribution in [3.05, 3.63) is 35.2 Å². The highest BCUT2D eigenvalue weighted by Gasteiger charge is 2.25. The number of para-hydroxylation sites is 1. The predicted molar refractivity (Wildman–Crippen MR) is 63.2 cm³/mol. The van der Waals surface area contributed by atoms with Gasteiger partial charge < -0.3 is 0 Å². The van der Waals surface area contributed by atoms with Crippen LogP contribution in [0.15, 0.2) is 24.3 Å². The van der Waals surface area contributed by atoms with E-state index in [0.29, 0.717) is 5.69 Å². The van der Waals surface area contributed by atoms with Gasteiger partial charge in [0.15, 0.2) is 0 Å². The molecule has 0 aliphatic heterocycles. The second kappa shape index (κ2) is 3.73. The molecule has 0 amide bonds. The summed E-state index contributed by atoms with van der Waals surface area (Å²) in [6, 6.07) is 9.77. The Labute approximate surface area is 98.7 Å². The fourth-order valence-electron chi connectivity index (χ4n) is 1.58. The smallest absolute Gasteiger partial charge is 0.221 e. The molecular formula is C12H10ClN3. The Morgan fingerprint density at radius 2 is 1.94 bits per heavy atom. The number of nitrogens with zero attached hydrogens (tertiary/aromatic N) is 3. The summed E-state index contributed by atoms with van der Waals surface area (Å²) < 4.78 is 0. The van der Waals surface area contributed by atoms with Crippen LogP contribution in [-0.4, -0.2) is 9.97 Å². The molecule has 1 aromatic carbocycles. The molecule has 4 heteroatoms. The minimum absolute atomic E-state index is 0.178. The van der Waals surface area contributed by atoms with E-state index >= 15 is 0 Å². The highest BCUT2D eigenvalue weighted by Crippen LogP contribution is 2.28. The molecule has 0 N–H and O–H groups in total. The molecule has 2 aromatic rings. The van der Waals surface area contributed by atoms with Gasteiger partial charge in [-0.15, -0.1) is 0 Å². The van der Waals surface area contributed by atoms with Gasteiger partial charge in [-0.2, -0.15) is 5.26 Å². The highest BCUT2D eigenvalue weighted by atomic mass is 35.5. The van der Waals surface area contributed by atoms with Gasteiger partial charge in [0.1, 0.15) is 0 Å². The molecule has 0 fully saturated rings. The second-order valence-electron chi connectivity index (χ2n) is 4.10. The maximum atomic E-state index is 9.14. The average Bonchev–Trinajstić information content (AvgIpc) is 2.28. The first-order valence-corrected chi connectivity index (χ1v) is 5.26. The quantitative estimate of drug-likeness (QED) is 0.709. The van der Waals surface area contributed by atoms with Crippen molar-refractivity contribution >= 4 is 22.5 Å². The van der Waals surface area contributed by atoms with Gasteiger partial charge in [-0.05, 0) is 31.5 Å². The summed E-state index contributed by atoms with van der Waals surface area (Å²) in [4.78, 5) is 8.30. The maximum absolute atomic E-state index is 9.14. The zero-order chi connectivity index (χ0) is 11.8. The van der Waals surface area contributed by atoms with Crippen LogP contribution in [0.5, 0.6) is 0 Å². The van der Waals surface area contributed by atoms with Crippen LogP contribution in [0, 0.1) is 11.3 Å². The number of halogens is 1. The monoisotopic (exact) mass is 231 g/mol. The van der Waals surface area contributed by atoms with Gasteiger partial charge in [-0.1, -0.05) is 18.2 Å². The molecule has 0 atom stereocenters. The van der Waals surface area contributed by atoms with Gasteiger partial charge in [0.2, 0.25) is 5.28 Å². The van der Waals surface area contributed by atoms with Crippen LogP contribution in [0.4, 0.5) is 0 Å². The molecule has 0 saturated carbocycles. The van der Waals surface area contributed by atoms with Gasteiger partial charge in [0.25, 0.3) is 0 Å². The van der Waals surface area contributed by atoms with Crippen molar-refractivity contribution in [3.8, 4) is 6.07 Å². The van der Waals surface area contributed by atoms with Crippen LogP contribution in [0.25, 0.3) is 10.9 Å². The Morgan fingerprint density at radius 3 is 2.62 bits per heavy atom. The predicted octanol–water partition coefficient (Wildman–Crippen LogP) is 3.08. The molecule has 0 spiro atoms. The Morgan fingerprint density at radius 1 is 1.25 bits per heavy atom. The van der Waals surface area contributed by atoms with Crippen molar-refractivity contribution in [2.45, 2.75) is 19.3 Å². The minimum atomic E-state index is -0.674. The zero-order valence-corrected chi connectivity index (χ0v) is 9.78. The van der Waals surface area contributed by atoms with Gasteiger partial charge in [0, 0.05) is 5.39 Å². The van der Waals surface area contributed by atoms with E-state index in [4.69, 9.17) is 16.9 Å². The van der Waals surface area contributed by atoms with Crippen molar-refractivity contribution in [1.29, 1.82) is 5.26 Å². The number of aromatic nitrogens is 2. The summed E-state index contributed by atoms with van der Waals surface area (Å²) >= 11 is 5.86. The normalized spacial score (nSPS) is 11.4. The van der Waals surface area contributed by atoms with E-state index in [-0.39, 0.29) is 5.28 Å². The van der Waals surface area contributed by atoms with E-state index in [2.05, 4.69) is 16.0 Å². The first-order chi connectivity index (χ1) is 7.54. The van der Waals surface area contributed by atoms with E-state index in [1.165, 1.54) is 0 Å². The number of rotatable bonds is 1. The zero-order valence-electron chi connectivity index (χ0n) is 9.03. The van der Waals surface area contributed by atoms with Crippen LogP contribution in [0.3, 0.4) is 0 Å². The summed E-state index contributed by atoms with van der Waals surface area (Å²) in [5.74, 6) is 0. The number of fused-ring (bicyclic) bond motifs is 1. The molecule has 0 aliphatic carbocycles. The van der Waals surface area contributed by atoms with Gasteiger partial charge in [0.05, 0.1) is 22.7 Å². The number of nitriles is 1. The lowest BCUT2D eigenvalue weighted by atomic mass is 9.88. The molecule has 0 bridgehead atoms. The first kappa shape index (κ1) is 10.8. The topological polar surface area (TPSA) is 49.6 Å². The molecule has 16 heavy (non-hydrogen) atoms. The van der Waals surface area contributed by atoms with E-state index in [9.17, 15) is 0 Å². The van der Waals surface area contributed by atoms with E-state index < -0.39 is 5.41 Å². The molecule has 0 aliphatic rings. The Kier molecular flexibility index (Phi) is 2.53. The SMILES string of the molecule is CC(C)(C#N)c1nc(Cl)nc2ccccc12. The van der Waals surface area contributed by atoms with Crippen LogP contribution in [-0.2, 0) is 5.41 Å². The van der Waals surface area contributed by atoms with Crippen LogP contribution < -0.4 is 0 Å². The molecule has 0 radical (unpaired) electrons. The molecule has 3 nitrogen and oxygen atoms in total. The molecular weight excluding hydrogens is 222 g/mol. The summed E-state index contributed by atoms with van der Waals surface area (Å²) in [5, 5.41) is 10.2. The van der Waals surface area contributed by atoms with E-state index in [0.717, 1.165) is 10.9 Å². The fourth-order valence-corrected chi connectivity index (χ4v) is 1.75. The minimum Gasteiger partial charge on any atom is -0.221 e. The third kappa shape index (κ3) is 1.72. The summed E-state index contributed by atoms with van der Waals surface area (Å²) in [7, 11) is 0. The molecule has 1 aromatic heterocycles. The summed E-state index contributed by atoms with van der Waals surface area (Å²) in [6.07, 6.45) is 0. The maximum Gasteiger partial charge on any atom is 0.223 e. The van der Waals surface area contributed by atoms with Crippen LogP contribution in [0.1, 0.15) is 19.5 Å². The summed E-state index contributed by atoms with van der Waals surface area (Å²) in [5.41, 5.74) is 0.762. The number of hydrogen-bond donors (Lipinski definition) is 0. The molecule has 0 saturated heterocycles. The molecule has 80 valence electrons. The third-order valence-corrected chi connectivity index (χ3v) is 2.62. The second-order valence-corrected chi connectivity index (χ2v) is 4.43. The van der Waals surface area contributed by atoms with E-state index in [1.807, 2.05) is 38.1 Å². The van der Waals surface area contributed by atoms with Gasteiger partial charge in [-0.25, -0.2) is 9.97 Å². The van der Waals surface area contributed by atoms with Crippen molar-refractivity contribution in [2.75, 3.05) is 0 Å². The molecule has 1 heterocycles. The molecule has 0 unspecified atom stereocenters. The lowest BCUT2D eigenvalue weighted by Gasteiger charge is -2.16. The lowest BCUT2D eigenvalue weighted by Crippen LogP contribution is -2.17. The Hall–Kier alpha value is -1.66. The van der Waals surface area contributed by atoms with Crippen molar-refractivity contribution in [1.82, 2.24) is 9.97 Å². The van der Waals surface area contributed by atoms with Gasteiger partial charge >= 0.3 is 0 Å². The number of hydrogen-bond acceptors (Lipinski definition) is 3. The largest absolute Gasteiger partial charge is 0.223 e. The van der Waals surface area contributed by atoms with Crippen LogP contribution in [0.2, 0.25) is 5.28 Å². The van der Waals surface area contributed by atoms with Crippen molar-refractivity contribution in [3.63, 3.8) is 0 Å². The lowest BCUT2D eigenvalue weighted by molar-refractivity contribution is 0.665. The van der Waals surface area contributed by atoms with E-state index in [1.54, 1.807) is 0 Å².